The number of hydrogen-bond donors (Lipinski definition) is 1. The van der Waals surface area contributed by atoms with Crippen LogP contribution in [0.1, 0.15) is 45.9 Å². The lowest BCUT2D eigenvalue weighted by molar-refractivity contribution is -0.130. The summed E-state index contributed by atoms with van der Waals surface area (Å²) in [5, 5.41) is 3.46. The number of nitrogens with one attached hydrogen (secondary N) is 1. The highest BCUT2D eigenvalue weighted by Gasteiger charge is 2.20. The molecule has 21 heavy (non-hydrogen) atoms. The molecule has 6 heteroatoms. The van der Waals surface area contributed by atoms with Gasteiger partial charge in [0.2, 0.25) is 5.91 Å². The Kier molecular flexibility index (Phi) is 5.04. The van der Waals surface area contributed by atoms with Crippen LogP contribution in [0.25, 0.3) is 0 Å². The van der Waals surface area contributed by atoms with Crippen LogP contribution in [0, 0.1) is 0 Å². The molecule has 1 saturated heterocycles. The lowest BCUT2D eigenvalue weighted by Gasteiger charge is -2.27. The lowest BCUT2D eigenvalue weighted by Crippen LogP contribution is -2.39. The zero-order valence-electron chi connectivity index (χ0n) is 12.9. The minimum Gasteiger partial charge on any atom is -0.361 e. The van der Waals surface area contributed by atoms with Gasteiger partial charge < -0.3 is 10.2 Å². The number of amides is 1. The fraction of sp³-hybridized carbons (Fsp3) is 0.667. The van der Waals surface area contributed by atoms with E-state index in [1.54, 1.807) is 6.07 Å². The molecule has 1 aliphatic heterocycles. The third-order valence-electron chi connectivity index (χ3n) is 3.50. The summed E-state index contributed by atoms with van der Waals surface area (Å²) in [5.74, 6) is 1.38. The number of hydrogen-bond acceptors (Lipinski definition) is 4. The Balaban J connectivity index is 1.99. The first-order valence-corrected chi connectivity index (χ1v) is 7.81. The number of halogens is 1. The Morgan fingerprint density at radius 2 is 1.95 bits per heavy atom. The average Bonchev–Trinajstić information content (AvgIpc) is 2.44. The third kappa shape index (κ3) is 4.56. The van der Waals surface area contributed by atoms with E-state index < -0.39 is 0 Å². The molecule has 2 rings (SSSR count). The molecule has 116 valence electrons. The predicted molar refractivity (Wildman–Crippen MR) is 84.7 cm³/mol. The maximum absolute atomic E-state index is 12.1. The molecule has 0 bridgehead atoms. The number of nitrogens with zero attached hydrogens (tertiary/aromatic N) is 3. The minimum atomic E-state index is -0.182. The fourth-order valence-electron chi connectivity index (χ4n) is 2.26. The SMILES string of the molecule is CC(C)(C)c1nc(Cl)cc(NCC(=O)N2CCCCC2)n1. The van der Waals surface area contributed by atoms with Gasteiger partial charge in [-0.2, -0.15) is 0 Å². The van der Waals surface area contributed by atoms with Crippen molar-refractivity contribution in [3.05, 3.63) is 17.0 Å². The summed E-state index contributed by atoms with van der Waals surface area (Å²) in [6, 6.07) is 1.65. The molecule has 5 nitrogen and oxygen atoms in total. The average molecular weight is 311 g/mol. The van der Waals surface area contributed by atoms with Crippen LogP contribution >= 0.6 is 11.6 Å². The van der Waals surface area contributed by atoms with Crippen molar-refractivity contribution in [3.8, 4) is 0 Å². The molecule has 0 aliphatic carbocycles. The van der Waals surface area contributed by atoms with Gasteiger partial charge in [0.25, 0.3) is 0 Å². The van der Waals surface area contributed by atoms with Crippen LogP contribution in [0.2, 0.25) is 5.15 Å². The highest BCUT2D eigenvalue weighted by molar-refractivity contribution is 6.29. The van der Waals surface area contributed by atoms with Crippen molar-refractivity contribution in [1.29, 1.82) is 0 Å². The van der Waals surface area contributed by atoms with E-state index in [2.05, 4.69) is 15.3 Å². The number of carbonyl (C=O) groups is 1. The molecule has 0 radical (unpaired) electrons. The smallest absolute Gasteiger partial charge is 0.241 e. The summed E-state index contributed by atoms with van der Waals surface area (Å²) in [5.41, 5.74) is -0.182. The molecule has 0 saturated carbocycles. The van der Waals surface area contributed by atoms with Gasteiger partial charge in [0, 0.05) is 24.6 Å². The Hall–Kier alpha value is -1.36. The molecule has 2 heterocycles. The summed E-state index contributed by atoms with van der Waals surface area (Å²) in [6.07, 6.45) is 3.41. The summed E-state index contributed by atoms with van der Waals surface area (Å²) in [7, 11) is 0. The maximum Gasteiger partial charge on any atom is 0.241 e. The van der Waals surface area contributed by atoms with Crippen molar-refractivity contribution in [1.82, 2.24) is 14.9 Å². The normalized spacial score (nSPS) is 15.9. The lowest BCUT2D eigenvalue weighted by atomic mass is 9.96. The third-order valence-corrected chi connectivity index (χ3v) is 3.69. The quantitative estimate of drug-likeness (QED) is 0.872. The first-order valence-electron chi connectivity index (χ1n) is 7.43. The van der Waals surface area contributed by atoms with E-state index >= 15 is 0 Å². The van der Waals surface area contributed by atoms with E-state index in [-0.39, 0.29) is 17.9 Å². The van der Waals surface area contributed by atoms with E-state index in [1.807, 2.05) is 25.7 Å². The van der Waals surface area contributed by atoms with E-state index in [0.717, 1.165) is 25.9 Å². The highest BCUT2D eigenvalue weighted by atomic mass is 35.5. The second kappa shape index (κ2) is 6.60. The zero-order valence-corrected chi connectivity index (χ0v) is 13.7. The van der Waals surface area contributed by atoms with E-state index in [4.69, 9.17) is 11.6 Å². The van der Waals surface area contributed by atoms with Crippen LogP contribution in [-0.2, 0) is 10.2 Å². The first-order chi connectivity index (χ1) is 9.86. The Bertz CT molecular complexity index is 507. The molecule has 1 aromatic rings. The predicted octanol–water partition coefficient (Wildman–Crippen LogP) is 2.85. The monoisotopic (exact) mass is 310 g/mol. The van der Waals surface area contributed by atoms with E-state index in [1.165, 1.54) is 6.42 Å². The van der Waals surface area contributed by atoms with Crippen molar-refractivity contribution >= 4 is 23.3 Å². The molecule has 0 atom stereocenters. The van der Waals surface area contributed by atoms with Gasteiger partial charge in [-0.25, -0.2) is 9.97 Å². The molecule has 1 N–H and O–H groups in total. The van der Waals surface area contributed by atoms with Crippen LogP contribution < -0.4 is 5.32 Å². The van der Waals surface area contributed by atoms with Gasteiger partial charge in [0.05, 0.1) is 6.54 Å². The van der Waals surface area contributed by atoms with Crippen molar-refractivity contribution in [2.24, 2.45) is 0 Å². The van der Waals surface area contributed by atoms with Crippen LogP contribution in [0.3, 0.4) is 0 Å². The van der Waals surface area contributed by atoms with Crippen molar-refractivity contribution < 1.29 is 4.79 Å². The summed E-state index contributed by atoms with van der Waals surface area (Å²) in [4.78, 5) is 22.7. The molecule has 0 unspecified atom stereocenters. The largest absolute Gasteiger partial charge is 0.361 e. The van der Waals surface area contributed by atoms with E-state index in [9.17, 15) is 4.79 Å². The Morgan fingerprint density at radius 1 is 1.29 bits per heavy atom. The van der Waals surface area contributed by atoms with Gasteiger partial charge in [0.15, 0.2) is 0 Å². The number of aromatic nitrogens is 2. The van der Waals surface area contributed by atoms with Crippen molar-refractivity contribution in [3.63, 3.8) is 0 Å². The van der Waals surface area contributed by atoms with Gasteiger partial charge in [-0.15, -0.1) is 0 Å². The Morgan fingerprint density at radius 3 is 2.57 bits per heavy atom. The standard InChI is InChI=1S/C15H23ClN4O/c1-15(2,3)14-18-11(16)9-12(19-14)17-10-13(21)20-7-5-4-6-8-20/h9H,4-8,10H2,1-3H3,(H,17,18,19). The molecular weight excluding hydrogens is 288 g/mol. The van der Waals surface area contributed by atoms with Crippen molar-refractivity contribution in [2.45, 2.75) is 45.4 Å². The molecule has 1 aromatic heterocycles. The van der Waals surface area contributed by atoms with Crippen LogP contribution in [0.5, 0.6) is 0 Å². The van der Waals surface area contributed by atoms with Gasteiger partial charge in [-0.1, -0.05) is 32.4 Å². The zero-order chi connectivity index (χ0) is 15.5. The highest BCUT2D eigenvalue weighted by Crippen LogP contribution is 2.22. The number of anilines is 1. The number of piperidine rings is 1. The summed E-state index contributed by atoms with van der Waals surface area (Å²) in [6.45, 7) is 8.05. The second-order valence-corrected chi connectivity index (χ2v) is 6.83. The molecule has 1 fully saturated rings. The van der Waals surface area contributed by atoms with Gasteiger partial charge in [-0.05, 0) is 19.3 Å². The van der Waals surface area contributed by atoms with Crippen LogP contribution in [0.4, 0.5) is 5.82 Å². The molecule has 0 aromatic carbocycles. The van der Waals surface area contributed by atoms with Gasteiger partial charge in [-0.3, -0.25) is 4.79 Å². The number of carbonyl (C=O) groups excluding carboxylic acids is 1. The molecule has 1 amide bonds. The van der Waals surface area contributed by atoms with Crippen LogP contribution in [0.15, 0.2) is 6.07 Å². The molecule has 1 aliphatic rings. The number of likely N-dealkylation sites (tertiary alicyclic amines) is 1. The topological polar surface area (TPSA) is 58.1 Å². The maximum atomic E-state index is 12.1. The second-order valence-electron chi connectivity index (χ2n) is 6.44. The summed E-state index contributed by atoms with van der Waals surface area (Å²) < 4.78 is 0. The Labute approximate surface area is 131 Å². The van der Waals surface area contributed by atoms with Gasteiger partial charge in [0.1, 0.15) is 16.8 Å². The van der Waals surface area contributed by atoms with E-state index in [0.29, 0.717) is 16.8 Å². The molecular formula is C15H23ClN4O. The first kappa shape index (κ1) is 16.0. The van der Waals surface area contributed by atoms with Crippen LogP contribution in [-0.4, -0.2) is 40.4 Å². The number of rotatable bonds is 3. The van der Waals surface area contributed by atoms with Crippen molar-refractivity contribution in [2.75, 3.05) is 25.0 Å². The molecule has 0 spiro atoms. The van der Waals surface area contributed by atoms with Gasteiger partial charge >= 0.3 is 0 Å². The fourth-order valence-corrected chi connectivity index (χ4v) is 2.45. The minimum absolute atomic E-state index is 0.113. The summed E-state index contributed by atoms with van der Waals surface area (Å²) >= 11 is 6.03.